The molecule has 1 saturated carbocycles. The maximum absolute atomic E-state index is 12.5. The summed E-state index contributed by atoms with van der Waals surface area (Å²) in [6, 6.07) is -0.0664. The van der Waals surface area contributed by atoms with E-state index in [-0.39, 0.29) is 30.5 Å². The van der Waals surface area contributed by atoms with E-state index in [0.717, 1.165) is 12.8 Å². The highest BCUT2D eigenvalue weighted by atomic mass is 16.5. The molecule has 1 N–H and O–H groups in total. The molecule has 0 aromatic carbocycles. The van der Waals surface area contributed by atoms with Gasteiger partial charge in [-0.15, -0.1) is 0 Å². The molecule has 114 valence electrons. The molecule has 1 amide bonds. The summed E-state index contributed by atoms with van der Waals surface area (Å²) in [6.45, 7) is 2.57. The van der Waals surface area contributed by atoms with Crippen LogP contribution >= 0.6 is 0 Å². The van der Waals surface area contributed by atoms with Crippen LogP contribution < -0.4 is 5.32 Å². The van der Waals surface area contributed by atoms with Gasteiger partial charge in [0.2, 0.25) is 5.91 Å². The van der Waals surface area contributed by atoms with E-state index in [4.69, 9.17) is 0 Å². The number of esters is 1. The maximum Gasteiger partial charge on any atom is 0.307 e. The second kappa shape index (κ2) is 7.07. The van der Waals surface area contributed by atoms with Crippen LogP contribution in [-0.4, -0.2) is 42.6 Å². The number of ether oxygens (including phenoxy) is 1. The number of nitrogens with one attached hydrogen (secondary N) is 1. The molecular formula is C15H26N2O3. The van der Waals surface area contributed by atoms with Crippen LogP contribution in [0.4, 0.5) is 0 Å². The third kappa shape index (κ3) is 3.32. The Hall–Kier alpha value is -1.10. The minimum Gasteiger partial charge on any atom is -0.469 e. The second-order valence-electron chi connectivity index (χ2n) is 5.86. The number of methoxy groups -OCH3 is 1. The van der Waals surface area contributed by atoms with Gasteiger partial charge in [0.1, 0.15) is 0 Å². The fraction of sp³-hybridized carbons (Fsp3) is 0.867. The molecule has 1 saturated heterocycles. The largest absolute Gasteiger partial charge is 0.469 e. The molecule has 20 heavy (non-hydrogen) atoms. The fourth-order valence-corrected chi connectivity index (χ4v) is 3.43. The van der Waals surface area contributed by atoms with Crippen molar-refractivity contribution in [3.05, 3.63) is 0 Å². The summed E-state index contributed by atoms with van der Waals surface area (Å²) in [5, 5.41) is 3.50. The van der Waals surface area contributed by atoms with Gasteiger partial charge in [0.15, 0.2) is 0 Å². The van der Waals surface area contributed by atoms with Gasteiger partial charge in [-0.3, -0.25) is 14.9 Å². The van der Waals surface area contributed by atoms with Crippen LogP contribution in [0, 0.1) is 5.92 Å². The number of amides is 1. The van der Waals surface area contributed by atoms with Gasteiger partial charge in [0, 0.05) is 6.54 Å². The van der Waals surface area contributed by atoms with Crippen molar-refractivity contribution in [2.24, 2.45) is 5.92 Å². The molecule has 0 spiro atoms. The molecule has 2 aliphatic rings. The van der Waals surface area contributed by atoms with Gasteiger partial charge in [-0.1, -0.05) is 26.2 Å². The Kier molecular flexibility index (Phi) is 5.40. The Morgan fingerprint density at radius 3 is 2.70 bits per heavy atom. The monoisotopic (exact) mass is 282 g/mol. The number of rotatable bonds is 6. The third-order valence-electron chi connectivity index (χ3n) is 4.50. The van der Waals surface area contributed by atoms with Crippen LogP contribution in [0.3, 0.4) is 0 Å². The molecule has 2 atom stereocenters. The lowest BCUT2D eigenvalue weighted by Crippen LogP contribution is -2.43. The van der Waals surface area contributed by atoms with E-state index < -0.39 is 0 Å². The third-order valence-corrected chi connectivity index (χ3v) is 4.50. The van der Waals surface area contributed by atoms with Crippen molar-refractivity contribution in [2.45, 2.75) is 64.1 Å². The SMILES string of the molecule is CCCC1NC(C2CCCC2)N(CCC(=O)OC)C1=O. The van der Waals surface area contributed by atoms with Crippen LogP contribution in [0.5, 0.6) is 0 Å². The van der Waals surface area contributed by atoms with Crippen molar-refractivity contribution in [1.29, 1.82) is 0 Å². The summed E-state index contributed by atoms with van der Waals surface area (Å²) in [5.74, 6) is 0.452. The van der Waals surface area contributed by atoms with Crippen molar-refractivity contribution in [1.82, 2.24) is 10.2 Å². The van der Waals surface area contributed by atoms with Gasteiger partial charge in [-0.2, -0.15) is 0 Å². The normalized spacial score (nSPS) is 27.3. The predicted octanol–water partition coefficient (Wildman–Crippen LogP) is 1.67. The zero-order valence-corrected chi connectivity index (χ0v) is 12.6. The maximum atomic E-state index is 12.5. The summed E-state index contributed by atoms with van der Waals surface area (Å²) >= 11 is 0. The highest BCUT2D eigenvalue weighted by molar-refractivity contribution is 5.84. The van der Waals surface area contributed by atoms with Gasteiger partial charge in [-0.25, -0.2) is 0 Å². The van der Waals surface area contributed by atoms with Gasteiger partial charge >= 0.3 is 5.97 Å². The van der Waals surface area contributed by atoms with Crippen LogP contribution in [0.1, 0.15) is 51.9 Å². The zero-order valence-electron chi connectivity index (χ0n) is 12.6. The summed E-state index contributed by atoms with van der Waals surface area (Å²) in [7, 11) is 1.39. The van der Waals surface area contributed by atoms with Crippen LogP contribution in [-0.2, 0) is 14.3 Å². The summed E-state index contributed by atoms with van der Waals surface area (Å²) in [4.78, 5) is 25.7. The Morgan fingerprint density at radius 1 is 1.40 bits per heavy atom. The molecule has 5 heteroatoms. The first-order valence-electron chi connectivity index (χ1n) is 7.80. The molecule has 1 aliphatic carbocycles. The number of carbonyl (C=O) groups is 2. The molecule has 2 rings (SSSR count). The summed E-state index contributed by atoms with van der Waals surface area (Å²) in [6.07, 6.45) is 7.12. The molecule has 5 nitrogen and oxygen atoms in total. The lowest BCUT2D eigenvalue weighted by atomic mass is 10.0. The Balaban J connectivity index is 2.01. The summed E-state index contributed by atoms with van der Waals surface area (Å²) in [5.41, 5.74) is 0. The number of nitrogens with zero attached hydrogens (tertiary/aromatic N) is 1. The van der Waals surface area contributed by atoms with E-state index in [0.29, 0.717) is 12.5 Å². The van der Waals surface area contributed by atoms with E-state index >= 15 is 0 Å². The Labute approximate surface area is 121 Å². The first-order valence-corrected chi connectivity index (χ1v) is 7.80. The summed E-state index contributed by atoms with van der Waals surface area (Å²) < 4.78 is 4.68. The lowest BCUT2D eigenvalue weighted by molar-refractivity contribution is -0.141. The van der Waals surface area contributed by atoms with Gasteiger partial charge < -0.3 is 9.64 Å². The molecule has 1 aliphatic heterocycles. The molecule has 2 fully saturated rings. The van der Waals surface area contributed by atoms with Gasteiger partial charge in [0.05, 0.1) is 25.7 Å². The second-order valence-corrected chi connectivity index (χ2v) is 5.86. The standard InChI is InChI=1S/C15H26N2O3/c1-3-6-12-15(19)17(10-9-13(18)20-2)14(16-12)11-7-4-5-8-11/h11-12,14,16H,3-10H2,1-2H3. The average Bonchev–Trinajstić information content (AvgIpc) is 3.06. The Bertz CT molecular complexity index is 353. The van der Waals surface area contributed by atoms with Crippen molar-refractivity contribution >= 4 is 11.9 Å². The van der Waals surface area contributed by atoms with E-state index in [1.165, 1.54) is 32.8 Å². The molecule has 1 heterocycles. The van der Waals surface area contributed by atoms with Gasteiger partial charge in [-0.05, 0) is 25.2 Å². The van der Waals surface area contributed by atoms with E-state index in [1.807, 2.05) is 4.90 Å². The first kappa shape index (κ1) is 15.3. The van der Waals surface area contributed by atoms with Crippen LogP contribution in [0.15, 0.2) is 0 Å². The number of carbonyl (C=O) groups excluding carboxylic acids is 2. The smallest absolute Gasteiger partial charge is 0.307 e. The molecule has 0 aromatic rings. The van der Waals surface area contributed by atoms with E-state index in [9.17, 15) is 9.59 Å². The molecule has 2 unspecified atom stereocenters. The number of hydrogen-bond donors (Lipinski definition) is 1. The van der Waals surface area contributed by atoms with Crippen LogP contribution in [0.25, 0.3) is 0 Å². The van der Waals surface area contributed by atoms with Crippen molar-refractivity contribution in [3.63, 3.8) is 0 Å². The number of hydrogen-bond acceptors (Lipinski definition) is 4. The van der Waals surface area contributed by atoms with E-state index in [1.54, 1.807) is 0 Å². The quantitative estimate of drug-likeness (QED) is 0.753. The Morgan fingerprint density at radius 2 is 2.10 bits per heavy atom. The average molecular weight is 282 g/mol. The predicted molar refractivity (Wildman–Crippen MR) is 75.9 cm³/mol. The zero-order chi connectivity index (χ0) is 14.5. The van der Waals surface area contributed by atoms with Crippen molar-refractivity contribution in [3.8, 4) is 0 Å². The van der Waals surface area contributed by atoms with Crippen LogP contribution in [0.2, 0.25) is 0 Å². The van der Waals surface area contributed by atoms with E-state index in [2.05, 4.69) is 17.0 Å². The lowest BCUT2D eigenvalue weighted by Gasteiger charge is -2.28. The highest BCUT2D eigenvalue weighted by Crippen LogP contribution is 2.32. The van der Waals surface area contributed by atoms with Gasteiger partial charge in [0.25, 0.3) is 0 Å². The molecule has 0 aromatic heterocycles. The molecular weight excluding hydrogens is 256 g/mol. The topological polar surface area (TPSA) is 58.6 Å². The minimum absolute atomic E-state index is 0.0664. The fourth-order valence-electron chi connectivity index (χ4n) is 3.43. The highest BCUT2D eigenvalue weighted by Gasteiger charge is 2.42. The molecule has 0 radical (unpaired) electrons. The minimum atomic E-state index is -0.248. The van der Waals surface area contributed by atoms with Crippen molar-refractivity contribution in [2.75, 3.05) is 13.7 Å². The van der Waals surface area contributed by atoms with Crippen molar-refractivity contribution < 1.29 is 14.3 Å². The first-order chi connectivity index (χ1) is 9.67. The molecule has 0 bridgehead atoms.